The summed E-state index contributed by atoms with van der Waals surface area (Å²) in [6, 6.07) is 13.3. The van der Waals surface area contributed by atoms with Crippen molar-refractivity contribution in [3.05, 3.63) is 72.3 Å². The van der Waals surface area contributed by atoms with Crippen molar-refractivity contribution in [3.8, 4) is 0 Å². The van der Waals surface area contributed by atoms with Crippen molar-refractivity contribution in [1.82, 2.24) is 28.9 Å². The van der Waals surface area contributed by atoms with E-state index in [4.69, 9.17) is 0 Å². The minimum atomic E-state index is -4.86. The summed E-state index contributed by atoms with van der Waals surface area (Å²) in [6.45, 7) is 2.07. The number of hydrogen-bond acceptors (Lipinski definition) is 12. The lowest BCUT2D eigenvalue weighted by Gasteiger charge is -2.32. The number of hydrogen-bond donors (Lipinski definition) is 3. The van der Waals surface area contributed by atoms with Gasteiger partial charge < -0.3 is 10.2 Å². The lowest BCUT2D eigenvalue weighted by Crippen LogP contribution is -2.45. The van der Waals surface area contributed by atoms with E-state index in [0.717, 1.165) is 59.5 Å². The van der Waals surface area contributed by atoms with Crippen molar-refractivity contribution in [3.63, 3.8) is 0 Å². The van der Waals surface area contributed by atoms with Gasteiger partial charge in [0.05, 0.1) is 9.79 Å². The number of benzene rings is 2. The molecule has 13 nitrogen and oxygen atoms in total. The summed E-state index contributed by atoms with van der Waals surface area (Å²) in [7, 11) is -7.37. The van der Waals surface area contributed by atoms with Crippen LogP contribution < -0.4 is 14.8 Å². The molecule has 258 valence electrons. The van der Waals surface area contributed by atoms with Crippen LogP contribution in [-0.4, -0.2) is 78.7 Å². The fraction of sp³-hybridized carbons (Fsp3) is 0.393. The molecular weight excluding hydrogens is 714 g/mol. The Morgan fingerprint density at radius 2 is 1.15 bits per heavy atom. The highest BCUT2D eigenvalue weighted by Crippen LogP contribution is 2.31. The van der Waals surface area contributed by atoms with Crippen molar-refractivity contribution >= 4 is 59.3 Å². The number of anilines is 2. The van der Waals surface area contributed by atoms with Crippen LogP contribution in [0.2, 0.25) is 0 Å². The predicted molar refractivity (Wildman–Crippen MR) is 174 cm³/mol. The molecular formula is C28H31F3N8O5S4. The molecule has 6 rings (SSSR count). The molecule has 2 aliphatic heterocycles. The van der Waals surface area contributed by atoms with Gasteiger partial charge in [0, 0.05) is 36.2 Å². The first-order valence-corrected chi connectivity index (χ1v) is 19.2. The van der Waals surface area contributed by atoms with Crippen LogP contribution in [0.25, 0.3) is 0 Å². The van der Waals surface area contributed by atoms with Crippen molar-refractivity contribution in [2.45, 2.75) is 53.5 Å². The SMILES string of the molecule is O=C(N1CCC(c2ccc(S(=O)(=O)Nc3ncns3)cc2)CC1)C(F)(F)F.O=S(=O)(Nc1ncns1)c1ccc(C2CCNCC2)cc1. The number of amides is 1. The van der Waals surface area contributed by atoms with Gasteiger partial charge in [-0.15, -0.1) is 0 Å². The molecule has 0 aliphatic carbocycles. The van der Waals surface area contributed by atoms with Crippen molar-refractivity contribution in [2.24, 2.45) is 0 Å². The van der Waals surface area contributed by atoms with E-state index < -0.39 is 32.1 Å². The maximum Gasteiger partial charge on any atom is 0.471 e. The summed E-state index contributed by atoms with van der Waals surface area (Å²) in [5.41, 5.74) is 2.02. The molecule has 20 heteroatoms. The van der Waals surface area contributed by atoms with Crippen LogP contribution in [0.4, 0.5) is 23.4 Å². The third-order valence-electron chi connectivity index (χ3n) is 7.85. The van der Waals surface area contributed by atoms with E-state index in [-0.39, 0.29) is 39.1 Å². The summed E-state index contributed by atoms with van der Waals surface area (Å²) in [5, 5.41) is 3.76. The molecule has 4 aromatic rings. The van der Waals surface area contributed by atoms with Crippen LogP contribution in [0.1, 0.15) is 48.6 Å². The Morgan fingerprint density at radius 3 is 1.52 bits per heavy atom. The Balaban J connectivity index is 0.000000194. The van der Waals surface area contributed by atoms with E-state index in [2.05, 4.69) is 33.5 Å². The second-order valence-electron chi connectivity index (χ2n) is 10.9. The molecule has 1 amide bonds. The van der Waals surface area contributed by atoms with E-state index in [1.807, 2.05) is 12.1 Å². The molecule has 2 aromatic carbocycles. The number of carbonyl (C=O) groups excluding carboxylic acids is 1. The highest BCUT2D eigenvalue weighted by atomic mass is 32.2. The third-order valence-corrected chi connectivity index (χ3v) is 12.0. The van der Waals surface area contributed by atoms with Gasteiger partial charge >= 0.3 is 12.1 Å². The molecule has 2 fully saturated rings. The zero-order valence-electron chi connectivity index (χ0n) is 25.1. The van der Waals surface area contributed by atoms with E-state index >= 15 is 0 Å². The molecule has 2 aliphatic rings. The van der Waals surface area contributed by atoms with Crippen LogP contribution >= 0.6 is 23.1 Å². The second kappa shape index (κ2) is 15.2. The molecule has 4 heterocycles. The average Bonchev–Trinajstić information content (AvgIpc) is 3.79. The first kappa shape index (κ1) is 35.6. The van der Waals surface area contributed by atoms with Gasteiger partial charge in [-0.05, 0) is 86.0 Å². The van der Waals surface area contributed by atoms with Crippen LogP contribution in [0.15, 0.2) is 71.0 Å². The quantitative estimate of drug-likeness (QED) is 0.234. The number of rotatable bonds is 8. The molecule has 3 N–H and O–H groups in total. The molecule has 0 radical (unpaired) electrons. The molecule has 48 heavy (non-hydrogen) atoms. The van der Waals surface area contributed by atoms with Gasteiger partial charge in [-0.3, -0.25) is 14.2 Å². The minimum Gasteiger partial charge on any atom is -0.335 e. The summed E-state index contributed by atoms with van der Waals surface area (Å²) < 4.78 is 98.6. The van der Waals surface area contributed by atoms with Gasteiger partial charge in [0.15, 0.2) is 0 Å². The van der Waals surface area contributed by atoms with Gasteiger partial charge in [0.25, 0.3) is 20.0 Å². The van der Waals surface area contributed by atoms with Gasteiger partial charge in [-0.25, -0.2) is 26.8 Å². The van der Waals surface area contributed by atoms with Crippen LogP contribution in [0, 0.1) is 0 Å². The van der Waals surface area contributed by atoms with E-state index in [0.29, 0.717) is 18.8 Å². The average molecular weight is 745 g/mol. The number of halogens is 3. The number of piperidine rings is 2. The fourth-order valence-electron chi connectivity index (χ4n) is 5.37. The van der Waals surface area contributed by atoms with Crippen molar-refractivity contribution in [2.75, 3.05) is 35.6 Å². The number of nitrogens with zero attached hydrogens (tertiary/aromatic N) is 5. The number of alkyl halides is 3. The summed E-state index contributed by atoms with van der Waals surface area (Å²) >= 11 is 1.92. The van der Waals surface area contributed by atoms with Gasteiger partial charge in [0.1, 0.15) is 12.7 Å². The highest BCUT2D eigenvalue weighted by Gasteiger charge is 2.43. The minimum absolute atomic E-state index is 0.0155. The molecule has 2 aromatic heterocycles. The lowest BCUT2D eigenvalue weighted by atomic mass is 9.89. The van der Waals surface area contributed by atoms with Crippen LogP contribution in [-0.2, 0) is 24.8 Å². The Bertz CT molecular complexity index is 1850. The second-order valence-corrected chi connectivity index (χ2v) is 15.9. The molecule has 2 saturated heterocycles. The summed E-state index contributed by atoms with van der Waals surface area (Å²) in [4.78, 5) is 20.0. The van der Waals surface area contributed by atoms with Crippen LogP contribution in [0.5, 0.6) is 0 Å². The summed E-state index contributed by atoms with van der Waals surface area (Å²) in [6.07, 6.45) is 0.658. The maximum absolute atomic E-state index is 12.5. The molecule has 0 spiro atoms. The normalized spacial score (nSPS) is 16.5. The number of carbonyl (C=O) groups is 1. The number of sulfonamides is 2. The largest absolute Gasteiger partial charge is 0.471 e. The van der Waals surface area contributed by atoms with Gasteiger partial charge in [-0.2, -0.15) is 21.9 Å². The Labute approximate surface area is 283 Å². The standard InChI is InChI=1S/C15H15F3N4O3S2.C13H16N4O2S2/c16-15(17,18)13(23)22-7-5-11(6-8-22)10-1-3-12(4-2-10)27(24,25)21-14-19-9-20-26-14;18-21(19,17-13-15-9-16-20-13)12-3-1-10(2-4-12)11-5-7-14-8-6-11/h1-4,9,11H,5-8H2,(H,19,20,21);1-4,9,11,14H,5-8H2,(H,15,16,17). The number of nitrogens with one attached hydrogen (secondary N) is 3. The first-order chi connectivity index (χ1) is 22.8. The molecule has 0 saturated carbocycles. The summed E-state index contributed by atoms with van der Waals surface area (Å²) in [5.74, 6) is -1.33. The highest BCUT2D eigenvalue weighted by molar-refractivity contribution is 7.93. The Hall–Kier alpha value is -3.72. The van der Waals surface area contributed by atoms with E-state index in [9.17, 15) is 34.8 Å². The zero-order valence-corrected chi connectivity index (χ0v) is 28.4. The van der Waals surface area contributed by atoms with E-state index in [1.165, 1.54) is 30.4 Å². The molecule has 0 atom stereocenters. The van der Waals surface area contributed by atoms with Crippen LogP contribution in [0.3, 0.4) is 0 Å². The van der Waals surface area contributed by atoms with Gasteiger partial charge in [-0.1, -0.05) is 24.3 Å². The number of likely N-dealkylation sites (tertiary alicyclic amines) is 1. The third kappa shape index (κ3) is 9.24. The van der Waals surface area contributed by atoms with Crippen molar-refractivity contribution < 1.29 is 34.8 Å². The number of aromatic nitrogens is 4. The monoisotopic (exact) mass is 744 g/mol. The first-order valence-electron chi connectivity index (χ1n) is 14.7. The van der Waals surface area contributed by atoms with E-state index in [1.54, 1.807) is 24.3 Å². The Morgan fingerprint density at radius 1 is 0.729 bits per heavy atom. The molecule has 0 unspecified atom stereocenters. The van der Waals surface area contributed by atoms with Gasteiger partial charge in [0.2, 0.25) is 10.3 Å². The maximum atomic E-state index is 12.5. The topological polar surface area (TPSA) is 176 Å². The smallest absolute Gasteiger partial charge is 0.335 e. The fourth-order valence-corrected chi connectivity index (χ4v) is 8.70. The molecule has 0 bridgehead atoms. The predicted octanol–water partition coefficient (Wildman–Crippen LogP) is 4.41. The Kier molecular flexibility index (Phi) is 11.3. The zero-order chi connectivity index (χ0) is 34.4. The lowest BCUT2D eigenvalue weighted by molar-refractivity contribution is -0.186. The van der Waals surface area contributed by atoms with Crippen molar-refractivity contribution in [1.29, 1.82) is 0 Å².